The van der Waals surface area contributed by atoms with Gasteiger partial charge in [0.2, 0.25) is 0 Å². The number of carbonyl (C=O) groups excluding carboxylic acids is 2. The van der Waals surface area contributed by atoms with Crippen LogP contribution in [0, 0.1) is 6.92 Å². The summed E-state index contributed by atoms with van der Waals surface area (Å²) in [6.45, 7) is 7.28. The van der Waals surface area contributed by atoms with E-state index < -0.39 is 5.97 Å². The van der Waals surface area contributed by atoms with Crippen molar-refractivity contribution in [1.29, 1.82) is 0 Å². The number of esters is 1. The number of pyridine rings is 2. The first kappa shape index (κ1) is 23.0. The van der Waals surface area contributed by atoms with E-state index in [1.165, 1.54) is 11.5 Å². The molecule has 0 unspecified atom stereocenters. The van der Waals surface area contributed by atoms with Crippen molar-refractivity contribution in [2.75, 3.05) is 25.5 Å². The third-order valence-corrected chi connectivity index (χ3v) is 5.48. The molecule has 0 aromatic carbocycles. The van der Waals surface area contributed by atoms with Gasteiger partial charge in [-0.15, -0.1) is 0 Å². The number of aromatic nitrogens is 2. The highest BCUT2D eigenvalue weighted by molar-refractivity contribution is 6.09. The molecular weight excluding hydrogens is 408 g/mol. The van der Waals surface area contributed by atoms with Crippen LogP contribution in [0.3, 0.4) is 0 Å². The van der Waals surface area contributed by atoms with Gasteiger partial charge < -0.3 is 14.2 Å². The Bertz CT molecular complexity index is 1150. The number of nitrogens with zero attached hydrogens (tertiary/aromatic N) is 4. The summed E-state index contributed by atoms with van der Waals surface area (Å²) in [5.74, 6) is -0.216. The Hall–Kier alpha value is -3.68. The summed E-state index contributed by atoms with van der Waals surface area (Å²) in [6, 6.07) is 3.58. The van der Waals surface area contributed by atoms with E-state index in [1.807, 2.05) is 19.0 Å². The molecule has 0 N–H and O–H groups in total. The van der Waals surface area contributed by atoms with Gasteiger partial charge in [0, 0.05) is 70.2 Å². The van der Waals surface area contributed by atoms with Crippen LogP contribution in [0.1, 0.15) is 24.5 Å². The van der Waals surface area contributed by atoms with E-state index in [2.05, 4.69) is 11.6 Å². The van der Waals surface area contributed by atoms with Crippen LogP contribution in [0.15, 0.2) is 53.2 Å². The maximum atomic E-state index is 13.3. The number of ether oxygens (including phenoxy) is 1. The molecule has 8 nitrogen and oxygen atoms in total. The molecule has 3 heterocycles. The first-order valence-electron chi connectivity index (χ1n) is 10.3. The van der Waals surface area contributed by atoms with Gasteiger partial charge in [0.05, 0.1) is 5.57 Å². The van der Waals surface area contributed by atoms with Crippen molar-refractivity contribution in [2.45, 2.75) is 26.9 Å². The van der Waals surface area contributed by atoms with Crippen LogP contribution in [0.5, 0.6) is 0 Å². The van der Waals surface area contributed by atoms with E-state index in [0.29, 0.717) is 35.5 Å². The van der Waals surface area contributed by atoms with Crippen LogP contribution in [0.4, 0.5) is 5.82 Å². The Balaban J connectivity index is 2.18. The molecule has 1 amide bonds. The SMILES string of the molecule is C=CC1=C(N(C)C)CCN(c2nccc(-c3cc(C)c(=O)n(C)c3)c2COC(C)=O)C1=O. The summed E-state index contributed by atoms with van der Waals surface area (Å²) in [6.07, 6.45) is 5.55. The van der Waals surface area contributed by atoms with E-state index in [1.54, 1.807) is 49.5 Å². The van der Waals surface area contributed by atoms with Crippen molar-refractivity contribution in [3.05, 3.63) is 69.9 Å². The molecule has 0 radical (unpaired) electrons. The molecule has 0 aliphatic carbocycles. The zero-order valence-corrected chi connectivity index (χ0v) is 19.1. The number of anilines is 1. The second kappa shape index (κ2) is 9.21. The number of rotatable bonds is 6. The van der Waals surface area contributed by atoms with E-state index >= 15 is 0 Å². The molecule has 0 saturated heterocycles. The van der Waals surface area contributed by atoms with Gasteiger partial charge in [-0.3, -0.25) is 19.3 Å². The second-order valence-corrected chi connectivity index (χ2v) is 7.93. The molecule has 2 aromatic rings. The normalized spacial score (nSPS) is 13.9. The Kier molecular flexibility index (Phi) is 6.62. The molecule has 168 valence electrons. The monoisotopic (exact) mass is 436 g/mol. The minimum atomic E-state index is -0.436. The van der Waals surface area contributed by atoms with Gasteiger partial charge in [-0.1, -0.05) is 12.7 Å². The van der Waals surface area contributed by atoms with Gasteiger partial charge in [0.25, 0.3) is 11.5 Å². The molecule has 1 aliphatic heterocycles. The third-order valence-electron chi connectivity index (χ3n) is 5.48. The molecule has 32 heavy (non-hydrogen) atoms. The van der Waals surface area contributed by atoms with E-state index in [-0.39, 0.29) is 18.1 Å². The molecule has 0 fully saturated rings. The highest BCUT2D eigenvalue weighted by Crippen LogP contribution is 2.33. The summed E-state index contributed by atoms with van der Waals surface area (Å²) in [5, 5.41) is 0. The van der Waals surface area contributed by atoms with Crippen LogP contribution >= 0.6 is 0 Å². The lowest BCUT2D eigenvalue weighted by molar-refractivity contribution is -0.142. The van der Waals surface area contributed by atoms with Crippen molar-refractivity contribution in [3.8, 4) is 11.1 Å². The standard InChI is InChI=1S/C24H28N4O4/c1-7-18-21(26(4)5)9-11-28(24(18)31)22-20(14-32-16(3)29)19(8-10-25-22)17-12-15(2)23(30)27(6)13-17/h7-8,10,12-13H,1,9,11,14H2,2-6H3. The van der Waals surface area contributed by atoms with Crippen molar-refractivity contribution in [1.82, 2.24) is 14.5 Å². The van der Waals surface area contributed by atoms with E-state index in [9.17, 15) is 14.4 Å². The van der Waals surface area contributed by atoms with Gasteiger partial charge >= 0.3 is 5.97 Å². The van der Waals surface area contributed by atoms with Crippen molar-refractivity contribution in [3.63, 3.8) is 0 Å². The highest BCUT2D eigenvalue weighted by Gasteiger charge is 2.30. The van der Waals surface area contributed by atoms with Gasteiger partial charge in [-0.25, -0.2) is 4.98 Å². The molecular formula is C24H28N4O4. The van der Waals surface area contributed by atoms with Gasteiger partial charge in [-0.2, -0.15) is 0 Å². The Morgan fingerprint density at radius 1 is 1.34 bits per heavy atom. The third kappa shape index (κ3) is 4.34. The maximum absolute atomic E-state index is 13.3. The predicted molar refractivity (Wildman–Crippen MR) is 123 cm³/mol. The van der Waals surface area contributed by atoms with Gasteiger partial charge in [-0.05, 0) is 30.2 Å². The molecule has 0 bridgehead atoms. The molecule has 0 saturated carbocycles. The average Bonchev–Trinajstić information content (AvgIpc) is 2.75. The minimum Gasteiger partial charge on any atom is -0.461 e. The fourth-order valence-electron chi connectivity index (χ4n) is 3.92. The van der Waals surface area contributed by atoms with E-state index in [0.717, 1.165) is 16.8 Å². The summed E-state index contributed by atoms with van der Waals surface area (Å²) in [7, 11) is 5.48. The average molecular weight is 437 g/mol. The zero-order chi connectivity index (χ0) is 23.6. The number of carbonyl (C=O) groups is 2. The molecule has 2 aromatic heterocycles. The topological polar surface area (TPSA) is 84.7 Å². The lowest BCUT2D eigenvalue weighted by Gasteiger charge is -2.33. The molecule has 1 aliphatic rings. The summed E-state index contributed by atoms with van der Waals surface area (Å²) in [4.78, 5) is 45.1. The number of hydrogen-bond donors (Lipinski definition) is 0. The second-order valence-electron chi connectivity index (χ2n) is 7.93. The first-order chi connectivity index (χ1) is 15.1. The van der Waals surface area contributed by atoms with Crippen LogP contribution in [0.2, 0.25) is 0 Å². The van der Waals surface area contributed by atoms with Gasteiger partial charge in [0.15, 0.2) is 0 Å². The Morgan fingerprint density at radius 3 is 2.66 bits per heavy atom. The number of aryl methyl sites for hydroxylation is 2. The molecule has 3 rings (SSSR count). The number of amides is 1. The van der Waals surface area contributed by atoms with Crippen LogP contribution in [-0.2, 0) is 28.0 Å². The lowest BCUT2D eigenvalue weighted by atomic mass is 9.99. The van der Waals surface area contributed by atoms with Gasteiger partial charge in [0.1, 0.15) is 12.4 Å². The lowest BCUT2D eigenvalue weighted by Crippen LogP contribution is -2.40. The quantitative estimate of drug-likeness (QED) is 0.647. The first-order valence-corrected chi connectivity index (χ1v) is 10.3. The molecule has 0 spiro atoms. The summed E-state index contributed by atoms with van der Waals surface area (Å²) >= 11 is 0. The smallest absolute Gasteiger partial charge is 0.302 e. The Morgan fingerprint density at radius 2 is 2.06 bits per heavy atom. The van der Waals surface area contributed by atoms with Crippen LogP contribution in [0.25, 0.3) is 11.1 Å². The van der Waals surface area contributed by atoms with Crippen molar-refractivity contribution in [2.24, 2.45) is 7.05 Å². The minimum absolute atomic E-state index is 0.0484. The maximum Gasteiger partial charge on any atom is 0.302 e. The fraction of sp³-hybridized carbons (Fsp3) is 0.333. The highest BCUT2D eigenvalue weighted by atomic mass is 16.5. The Labute approximate surface area is 187 Å². The number of hydrogen-bond acceptors (Lipinski definition) is 6. The van der Waals surface area contributed by atoms with E-state index in [4.69, 9.17) is 4.74 Å². The molecule has 0 atom stereocenters. The van der Waals surface area contributed by atoms with Crippen LogP contribution < -0.4 is 10.5 Å². The zero-order valence-electron chi connectivity index (χ0n) is 19.1. The largest absolute Gasteiger partial charge is 0.461 e. The summed E-state index contributed by atoms with van der Waals surface area (Å²) in [5.41, 5.74) is 4.04. The predicted octanol–water partition coefficient (Wildman–Crippen LogP) is 2.56. The molecule has 8 heteroatoms. The van der Waals surface area contributed by atoms with Crippen LogP contribution in [-0.4, -0.2) is 47.0 Å². The van der Waals surface area contributed by atoms with Crippen molar-refractivity contribution >= 4 is 17.7 Å². The van der Waals surface area contributed by atoms with Crippen molar-refractivity contribution < 1.29 is 14.3 Å². The summed E-state index contributed by atoms with van der Waals surface area (Å²) < 4.78 is 6.84. The fourth-order valence-corrected chi connectivity index (χ4v) is 3.92.